The maximum Gasteiger partial charge on any atom is 0.163 e. The van der Waals surface area contributed by atoms with Gasteiger partial charge in [0.15, 0.2) is 11.5 Å². The molecule has 0 atom stereocenters. The van der Waals surface area contributed by atoms with Gasteiger partial charge in [-0.1, -0.05) is 0 Å². The number of benzene rings is 1. The van der Waals surface area contributed by atoms with Gasteiger partial charge in [-0.25, -0.2) is 0 Å². The summed E-state index contributed by atoms with van der Waals surface area (Å²) in [4.78, 5) is 0. The summed E-state index contributed by atoms with van der Waals surface area (Å²) in [6.45, 7) is 0.823. The average Bonchev–Trinajstić information content (AvgIpc) is 3.21. The van der Waals surface area contributed by atoms with Crippen molar-refractivity contribution in [1.82, 2.24) is 0 Å². The Kier molecular flexibility index (Phi) is 2.83. The second-order valence-corrected chi connectivity index (χ2v) is 5.04. The summed E-state index contributed by atoms with van der Waals surface area (Å²) in [5, 5.41) is 3.48. The molecule has 0 bridgehead atoms. The minimum absolute atomic E-state index is 0.666. The lowest BCUT2D eigenvalue weighted by Gasteiger charge is -2.12. The Hall–Kier alpha value is -1.38. The van der Waals surface area contributed by atoms with Gasteiger partial charge in [0.25, 0.3) is 0 Å². The summed E-state index contributed by atoms with van der Waals surface area (Å²) in [7, 11) is 1.69. The molecule has 3 heteroatoms. The van der Waals surface area contributed by atoms with Crippen LogP contribution in [0.25, 0.3) is 0 Å². The van der Waals surface area contributed by atoms with Gasteiger partial charge in [0.05, 0.1) is 13.7 Å². The fourth-order valence-corrected chi connectivity index (χ4v) is 1.83. The Balaban J connectivity index is 1.70. The van der Waals surface area contributed by atoms with Crippen molar-refractivity contribution in [3.63, 3.8) is 0 Å². The second-order valence-electron chi connectivity index (χ2n) is 5.04. The molecule has 1 N–H and O–H groups in total. The van der Waals surface area contributed by atoms with Crippen LogP contribution in [-0.4, -0.2) is 19.8 Å². The summed E-state index contributed by atoms with van der Waals surface area (Å²) < 4.78 is 11.2. The van der Waals surface area contributed by atoms with Crippen molar-refractivity contribution in [2.75, 3.05) is 19.0 Å². The van der Waals surface area contributed by atoms with E-state index in [2.05, 4.69) is 17.4 Å². The molecule has 2 fully saturated rings. The van der Waals surface area contributed by atoms with Crippen LogP contribution in [0.2, 0.25) is 0 Å². The first kappa shape index (κ1) is 10.8. The topological polar surface area (TPSA) is 30.5 Å². The fraction of sp³-hybridized carbons (Fsp3) is 0.571. The van der Waals surface area contributed by atoms with Crippen LogP contribution in [0, 0.1) is 5.92 Å². The number of hydrogen-bond donors (Lipinski definition) is 1. The van der Waals surface area contributed by atoms with E-state index in [0.29, 0.717) is 6.04 Å². The van der Waals surface area contributed by atoms with Crippen molar-refractivity contribution in [2.24, 2.45) is 5.92 Å². The number of hydrogen-bond acceptors (Lipinski definition) is 3. The average molecular weight is 233 g/mol. The van der Waals surface area contributed by atoms with Crippen molar-refractivity contribution >= 4 is 5.69 Å². The van der Waals surface area contributed by atoms with E-state index in [1.165, 1.54) is 25.7 Å². The minimum Gasteiger partial charge on any atom is -0.493 e. The van der Waals surface area contributed by atoms with Crippen LogP contribution in [0.5, 0.6) is 11.5 Å². The van der Waals surface area contributed by atoms with Crippen molar-refractivity contribution in [3.8, 4) is 11.5 Å². The largest absolute Gasteiger partial charge is 0.493 e. The van der Waals surface area contributed by atoms with Gasteiger partial charge in [-0.3, -0.25) is 0 Å². The number of nitrogens with one attached hydrogen (secondary N) is 1. The molecule has 0 spiro atoms. The van der Waals surface area contributed by atoms with Crippen LogP contribution in [0.1, 0.15) is 25.7 Å². The second kappa shape index (κ2) is 4.47. The maximum atomic E-state index is 5.83. The predicted octanol–water partition coefficient (Wildman–Crippen LogP) is 3.06. The van der Waals surface area contributed by atoms with Gasteiger partial charge in [-0.2, -0.15) is 0 Å². The first-order chi connectivity index (χ1) is 8.35. The lowest BCUT2D eigenvalue weighted by molar-refractivity contribution is 0.280. The zero-order valence-electron chi connectivity index (χ0n) is 10.2. The first-order valence-electron chi connectivity index (χ1n) is 6.42. The molecule has 3 rings (SSSR count). The van der Waals surface area contributed by atoms with Crippen LogP contribution in [0.3, 0.4) is 0 Å². The molecule has 3 nitrogen and oxygen atoms in total. The molecule has 2 saturated carbocycles. The monoisotopic (exact) mass is 233 g/mol. The summed E-state index contributed by atoms with van der Waals surface area (Å²) in [5.41, 5.74) is 1.14. The standard InChI is InChI=1S/C14H19NO2/c1-16-13-7-6-12(15-11-4-5-11)8-14(13)17-9-10-2-3-10/h6-8,10-11,15H,2-5,9H2,1H3. The highest BCUT2D eigenvalue weighted by Crippen LogP contribution is 2.35. The van der Waals surface area contributed by atoms with Crippen LogP contribution in [0.15, 0.2) is 18.2 Å². The first-order valence-corrected chi connectivity index (χ1v) is 6.42. The minimum atomic E-state index is 0.666. The summed E-state index contributed by atoms with van der Waals surface area (Å²) in [6.07, 6.45) is 5.18. The Morgan fingerprint density at radius 1 is 1.18 bits per heavy atom. The highest BCUT2D eigenvalue weighted by Gasteiger charge is 2.23. The quantitative estimate of drug-likeness (QED) is 0.819. The van der Waals surface area contributed by atoms with E-state index in [1.54, 1.807) is 7.11 Å². The van der Waals surface area contributed by atoms with Crippen LogP contribution >= 0.6 is 0 Å². The van der Waals surface area contributed by atoms with Gasteiger partial charge >= 0.3 is 0 Å². The highest BCUT2D eigenvalue weighted by atomic mass is 16.5. The van der Waals surface area contributed by atoms with Crippen LogP contribution in [0.4, 0.5) is 5.69 Å². The third-order valence-corrected chi connectivity index (χ3v) is 3.28. The van der Waals surface area contributed by atoms with E-state index in [4.69, 9.17) is 9.47 Å². The van der Waals surface area contributed by atoms with Gasteiger partial charge in [-0.15, -0.1) is 0 Å². The van der Waals surface area contributed by atoms with E-state index in [9.17, 15) is 0 Å². The Morgan fingerprint density at radius 2 is 2.00 bits per heavy atom. The van der Waals surface area contributed by atoms with Gasteiger partial charge in [0.1, 0.15) is 0 Å². The molecule has 92 valence electrons. The molecule has 0 radical (unpaired) electrons. The van der Waals surface area contributed by atoms with Crippen molar-refractivity contribution < 1.29 is 9.47 Å². The van der Waals surface area contributed by atoms with E-state index in [0.717, 1.165) is 29.7 Å². The van der Waals surface area contributed by atoms with Gasteiger partial charge in [0, 0.05) is 17.8 Å². The molecule has 1 aromatic carbocycles. The van der Waals surface area contributed by atoms with Gasteiger partial charge < -0.3 is 14.8 Å². The Bertz CT molecular complexity index is 397. The molecule has 2 aliphatic carbocycles. The molecular weight excluding hydrogens is 214 g/mol. The lowest BCUT2D eigenvalue weighted by atomic mass is 10.2. The number of anilines is 1. The number of ether oxygens (including phenoxy) is 2. The zero-order valence-corrected chi connectivity index (χ0v) is 10.2. The molecule has 1 aromatic rings. The number of methoxy groups -OCH3 is 1. The number of rotatable bonds is 6. The van der Waals surface area contributed by atoms with E-state index < -0.39 is 0 Å². The third-order valence-electron chi connectivity index (χ3n) is 3.28. The molecule has 0 unspecified atom stereocenters. The predicted molar refractivity (Wildman–Crippen MR) is 67.9 cm³/mol. The molecule has 0 amide bonds. The molecule has 0 aromatic heterocycles. The van der Waals surface area contributed by atoms with Gasteiger partial charge in [-0.05, 0) is 43.7 Å². The van der Waals surface area contributed by atoms with E-state index in [1.807, 2.05) is 6.07 Å². The Morgan fingerprint density at radius 3 is 2.65 bits per heavy atom. The van der Waals surface area contributed by atoms with E-state index in [-0.39, 0.29) is 0 Å². The molecule has 2 aliphatic rings. The Labute approximate surface area is 102 Å². The van der Waals surface area contributed by atoms with Crippen LogP contribution in [-0.2, 0) is 0 Å². The van der Waals surface area contributed by atoms with Gasteiger partial charge in [0.2, 0.25) is 0 Å². The maximum absolute atomic E-state index is 5.83. The molecular formula is C14H19NO2. The van der Waals surface area contributed by atoms with Crippen molar-refractivity contribution in [3.05, 3.63) is 18.2 Å². The normalized spacial score (nSPS) is 18.9. The summed E-state index contributed by atoms with van der Waals surface area (Å²) in [6, 6.07) is 6.76. The molecule has 0 saturated heterocycles. The van der Waals surface area contributed by atoms with E-state index >= 15 is 0 Å². The smallest absolute Gasteiger partial charge is 0.163 e. The summed E-state index contributed by atoms with van der Waals surface area (Å²) >= 11 is 0. The van der Waals surface area contributed by atoms with Crippen LogP contribution < -0.4 is 14.8 Å². The third kappa shape index (κ3) is 2.84. The van der Waals surface area contributed by atoms with Crippen molar-refractivity contribution in [2.45, 2.75) is 31.7 Å². The molecule has 17 heavy (non-hydrogen) atoms. The highest BCUT2D eigenvalue weighted by molar-refractivity contribution is 5.55. The summed E-state index contributed by atoms with van der Waals surface area (Å²) in [5.74, 6) is 2.46. The lowest BCUT2D eigenvalue weighted by Crippen LogP contribution is -2.04. The molecule has 0 heterocycles. The zero-order chi connectivity index (χ0) is 11.7. The molecule has 0 aliphatic heterocycles. The fourth-order valence-electron chi connectivity index (χ4n) is 1.83. The van der Waals surface area contributed by atoms with Crippen molar-refractivity contribution in [1.29, 1.82) is 0 Å². The SMILES string of the molecule is COc1ccc(NC2CC2)cc1OCC1CC1.